The molecule has 0 radical (unpaired) electrons. The predicted octanol–water partition coefficient (Wildman–Crippen LogP) is 3.28. The lowest BCUT2D eigenvalue weighted by atomic mass is 9.72. The van der Waals surface area contributed by atoms with Gasteiger partial charge in [0.05, 0.1) is 0 Å². The van der Waals surface area contributed by atoms with Gasteiger partial charge in [-0.15, -0.1) is 0 Å². The molecule has 2 aliphatic rings. The molecule has 0 amide bonds. The van der Waals surface area contributed by atoms with E-state index >= 15 is 0 Å². The van der Waals surface area contributed by atoms with Crippen molar-refractivity contribution >= 4 is 5.71 Å². The van der Waals surface area contributed by atoms with Gasteiger partial charge in [-0.2, -0.15) is 5.10 Å². The maximum Gasteiger partial charge on any atom is 0.0439 e. The fourth-order valence-electron chi connectivity index (χ4n) is 3.31. The van der Waals surface area contributed by atoms with Crippen LogP contribution in [0.15, 0.2) is 29.4 Å². The third kappa shape index (κ3) is 2.88. The van der Waals surface area contributed by atoms with Gasteiger partial charge < -0.3 is 5.73 Å². The Bertz CT molecular complexity index is 495. The molecule has 110 valence electrons. The highest BCUT2D eigenvalue weighted by Gasteiger charge is 2.40. The lowest BCUT2D eigenvalue weighted by molar-refractivity contribution is 0.287. The molecule has 0 bridgehead atoms. The van der Waals surface area contributed by atoms with Crippen molar-refractivity contribution in [2.45, 2.75) is 45.6 Å². The van der Waals surface area contributed by atoms with E-state index in [1.165, 1.54) is 16.8 Å². The van der Waals surface area contributed by atoms with Crippen LogP contribution in [0.25, 0.3) is 0 Å². The van der Waals surface area contributed by atoms with Gasteiger partial charge in [-0.25, -0.2) is 0 Å². The molecule has 2 unspecified atom stereocenters. The molecular formula is C17H27N3. The van der Waals surface area contributed by atoms with Crippen molar-refractivity contribution < 1.29 is 0 Å². The summed E-state index contributed by atoms with van der Waals surface area (Å²) in [6.45, 7) is 7.16. The zero-order valence-electron chi connectivity index (χ0n) is 13.2. The van der Waals surface area contributed by atoms with Crippen LogP contribution in [0.2, 0.25) is 0 Å². The number of fused-ring (bicyclic) bond motifs is 1. The van der Waals surface area contributed by atoms with E-state index in [0.717, 1.165) is 25.8 Å². The van der Waals surface area contributed by atoms with Gasteiger partial charge in [0.15, 0.2) is 0 Å². The number of hydrogen-bond donors (Lipinski definition) is 1. The second kappa shape index (κ2) is 5.96. The van der Waals surface area contributed by atoms with E-state index in [-0.39, 0.29) is 5.54 Å². The van der Waals surface area contributed by atoms with Gasteiger partial charge in [0.25, 0.3) is 0 Å². The van der Waals surface area contributed by atoms with Crippen LogP contribution in [0.5, 0.6) is 0 Å². The molecule has 0 saturated heterocycles. The molecule has 20 heavy (non-hydrogen) atoms. The van der Waals surface area contributed by atoms with Crippen molar-refractivity contribution in [1.82, 2.24) is 5.01 Å². The van der Waals surface area contributed by atoms with Crippen molar-refractivity contribution in [2.24, 2.45) is 16.8 Å². The number of benzene rings is 1. The SMILES string of the molecule is CC.Cc1cccc(C2(N)CCC3=NN(C)CC3C2)c1. The third-order valence-electron chi connectivity index (χ3n) is 4.29. The van der Waals surface area contributed by atoms with Crippen molar-refractivity contribution in [3.05, 3.63) is 35.4 Å². The first-order valence-electron chi connectivity index (χ1n) is 7.71. The summed E-state index contributed by atoms with van der Waals surface area (Å²) in [5.41, 5.74) is 10.4. The highest BCUT2D eigenvalue weighted by atomic mass is 15.5. The van der Waals surface area contributed by atoms with Gasteiger partial charge in [0.1, 0.15) is 0 Å². The smallest absolute Gasteiger partial charge is 0.0439 e. The molecule has 1 aliphatic heterocycles. The first kappa shape index (κ1) is 15.0. The molecule has 1 fully saturated rings. The Labute approximate surface area is 122 Å². The van der Waals surface area contributed by atoms with E-state index in [0.29, 0.717) is 5.92 Å². The minimum atomic E-state index is -0.166. The largest absolute Gasteiger partial charge is 0.321 e. The number of hydrogen-bond acceptors (Lipinski definition) is 3. The van der Waals surface area contributed by atoms with E-state index in [2.05, 4.69) is 48.3 Å². The summed E-state index contributed by atoms with van der Waals surface area (Å²) in [6, 6.07) is 8.66. The molecule has 3 heteroatoms. The molecule has 0 aromatic heterocycles. The summed E-state index contributed by atoms with van der Waals surface area (Å²) in [5.74, 6) is 0.550. The topological polar surface area (TPSA) is 41.6 Å². The molecule has 1 aliphatic carbocycles. The van der Waals surface area contributed by atoms with Crippen molar-refractivity contribution in [3.63, 3.8) is 0 Å². The average molecular weight is 273 g/mol. The summed E-state index contributed by atoms with van der Waals surface area (Å²) in [4.78, 5) is 0. The summed E-state index contributed by atoms with van der Waals surface area (Å²) in [6.07, 6.45) is 3.08. The van der Waals surface area contributed by atoms with Crippen LogP contribution in [0.1, 0.15) is 44.2 Å². The van der Waals surface area contributed by atoms with Crippen LogP contribution in [-0.4, -0.2) is 24.3 Å². The van der Waals surface area contributed by atoms with Gasteiger partial charge in [0.2, 0.25) is 0 Å². The molecule has 1 saturated carbocycles. The first-order chi connectivity index (χ1) is 9.57. The molecule has 1 aromatic carbocycles. The summed E-state index contributed by atoms with van der Waals surface area (Å²) < 4.78 is 0. The summed E-state index contributed by atoms with van der Waals surface area (Å²) in [7, 11) is 2.05. The van der Waals surface area contributed by atoms with Crippen molar-refractivity contribution in [3.8, 4) is 0 Å². The minimum absolute atomic E-state index is 0.166. The minimum Gasteiger partial charge on any atom is -0.321 e. The maximum absolute atomic E-state index is 6.68. The third-order valence-corrected chi connectivity index (χ3v) is 4.29. The van der Waals surface area contributed by atoms with Crippen molar-refractivity contribution in [2.75, 3.05) is 13.6 Å². The lowest BCUT2D eigenvalue weighted by Crippen LogP contribution is -2.44. The molecule has 1 heterocycles. The Morgan fingerprint density at radius 1 is 1.35 bits per heavy atom. The lowest BCUT2D eigenvalue weighted by Gasteiger charge is -2.37. The fraction of sp³-hybridized carbons (Fsp3) is 0.588. The Kier molecular flexibility index (Phi) is 4.48. The van der Waals surface area contributed by atoms with E-state index in [4.69, 9.17) is 5.73 Å². The number of nitrogens with two attached hydrogens (primary N) is 1. The average Bonchev–Trinajstić information content (AvgIpc) is 2.80. The molecule has 2 N–H and O–H groups in total. The zero-order valence-corrected chi connectivity index (χ0v) is 13.2. The highest BCUT2D eigenvalue weighted by Crippen LogP contribution is 2.39. The van der Waals surface area contributed by atoms with Crippen LogP contribution < -0.4 is 5.73 Å². The van der Waals surface area contributed by atoms with E-state index in [9.17, 15) is 0 Å². The molecule has 0 spiro atoms. The normalized spacial score (nSPS) is 28.4. The second-order valence-corrected chi connectivity index (χ2v) is 5.86. The highest BCUT2D eigenvalue weighted by molar-refractivity contribution is 5.89. The molecule has 1 aromatic rings. The fourth-order valence-corrected chi connectivity index (χ4v) is 3.31. The Morgan fingerprint density at radius 3 is 2.80 bits per heavy atom. The van der Waals surface area contributed by atoms with Gasteiger partial charge in [-0.3, -0.25) is 5.01 Å². The van der Waals surface area contributed by atoms with Gasteiger partial charge in [-0.05, 0) is 31.7 Å². The molecule has 3 rings (SSSR count). The second-order valence-electron chi connectivity index (χ2n) is 5.86. The van der Waals surface area contributed by atoms with E-state index in [1.54, 1.807) is 0 Å². The summed E-state index contributed by atoms with van der Waals surface area (Å²) in [5, 5.41) is 6.64. The molecule has 3 nitrogen and oxygen atoms in total. The quantitative estimate of drug-likeness (QED) is 0.853. The number of aryl methyl sites for hydroxylation is 1. The Hall–Kier alpha value is -1.35. The number of rotatable bonds is 1. The van der Waals surface area contributed by atoms with Crippen molar-refractivity contribution in [1.29, 1.82) is 0 Å². The van der Waals surface area contributed by atoms with E-state index < -0.39 is 0 Å². The standard InChI is InChI=1S/C15H21N3.C2H6/c1-11-4-3-5-13(8-11)15(16)7-6-14-12(9-15)10-18(2)17-14;1-2/h3-5,8,12H,6-7,9-10,16H2,1-2H3;1-2H3. The zero-order chi connectivity index (χ0) is 14.8. The van der Waals surface area contributed by atoms with Crippen LogP contribution in [-0.2, 0) is 5.54 Å². The Balaban J connectivity index is 0.000000704. The molecular weight excluding hydrogens is 246 g/mol. The van der Waals surface area contributed by atoms with Gasteiger partial charge >= 0.3 is 0 Å². The van der Waals surface area contributed by atoms with Crippen LogP contribution in [0.4, 0.5) is 0 Å². The molecule has 2 atom stereocenters. The first-order valence-corrected chi connectivity index (χ1v) is 7.71. The van der Waals surface area contributed by atoms with E-state index in [1.807, 2.05) is 13.8 Å². The number of nitrogens with zero attached hydrogens (tertiary/aromatic N) is 2. The van der Waals surface area contributed by atoms with Gasteiger partial charge in [0, 0.05) is 30.8 Å². The maximum atomic E-state index is 6.68. The van der Waals surface area contributed by atoms with Gasteiger partial charge in [-0.1, -0.05) is 43.7 Å². The number of hydrazone groups is 1. The monoisotopic (exact) mass is 273 g/mol. The summed E-state index contributed by atoms with van der Waals surface area (Å²) >= 11 is 0. The van der Waals surface area contributed by atoms with Crippen LogP contribution in [0, 0.1) is 12.8 Å². The van der Waals surface area contributed by atoms with Crippen LogP contribution >= 0.6 is 0 Å². The van der Waals surface area contributed by atoms with Crippen LogP contribution in [0.3, 0.4) is 0 Å². The Morgan fingerprint density at radius 2 is 2.10 bits per heavy atom. The predicted molar refractivity (Wildman–Crippen MR) is 85.8 cm³/mol.